The highest BCUT2D eigenvalue weighted by Crippen LogP contribution is 2.18. The highest BCUT2D eigenvalue weighted by atomic mass is 32.1. The Labute approximate surface area is 131 Å². The molecular weight excluding hydrogens is 302 g/mol. The SMILES string of the molecule is CNc1ncnc2ncn(C[C@H](O)COCc3cccs3)c12. The average Bonchev–Trinajstić information content (AvgIpc) is 3.17. The van der Waals surface area contributed by atoms with Gasteiger partial charge in [0.1, 0.15) is 11.8 Å². The molecule has 0 saturated heterocycles. The summed E-state index contributed by atoms with van der Waals surface area (Å²) in [6.45, 7) is 1.16. The first kappa shape index (κ1) is 14.9. The second-order valence-electron chi connectivity index (χ2n) is 4.79. The lowest BCUT2D eigenvalue weighted by Gasteiger charge is -2.13. The van der Waals surface area contributed by atoms with Crippen LogP contribution in [0.25, 0.3) is 11.2 Å². The number of anilines is 1. The smallest absolute Gasteiger partial charge is 0.182 e. The first-order chi connectivity index (χ1) is 10.8. The molecule has 1 atom stereocenters. The van der Waals surface area contributed by atoms with Crippen molar-refractivity contribution in [3.05, 3.63) is 35.0 Å². The van der Waals surface area contributed by atoms with Crippen LogP contribution in [-0.4, -0.2) is 44.4 Å². The zero-order valence-electron chi connectivity index (χ0n) is 12.1. The standard InChI is InChI=1S/C14H17N5O2S/c1-15-13-12-14(17-8-16-13)18-9-19(12)5-10(20)6-21-7-11-3-2-4-22-11/h2-4,8-10,20H,5-7H2,1H3,(H,15,16,17)/t10-/m0/s1. The summed E-state index contributed by atoms with van der Waals surface area (Å²) in [5.41, 5.74) is 1.38. The molecule has 0 radical (unpaired) electrons. The van der Waals surface area contributed by atoms with Gasteiger partial charge in [-0.2, -0.15) is 0 Å². The first-order valence-corrected chi connectivity index (χ1v) is 7.77. The van der Waals surface area contributed by atoms with E-state index in [0.717, 1.165) is 10.4 Å². The van der Waals surface area contributed by atoms with E-state index in [1.54, 1.807) is 24.7 Å². The Morgan fingerprint density at radius 1 is 1.41 bits per heavy atom. The van der Waals surface area contributed by atoms with Crippen molar-refractivity contribution >= 4 is 28.3 Å². The maximum absolute atomic E-state index is 10.1. The fourth-order valence-corrected chi connectivity index (χ4v) is 2.84. The molecule has 0 aliphatic rings. The highest BCUT2D eigenvalue weighted by molar-refractivity contribution is 7.09. The van der Waals surface area contributed by atoms with E-state index >= 15 is 0 Å². The van der Waals surface area contributed by atoms with E-state index in [4.69, 9.17) is 4.74 Å². The molecule has 0 amide bonds. The predicted octanol–water partition coefficient (Wildman–Crippen LogP) is 1.51. The molecule has 22 heavy (non-hydrogen) atoms. The number of aromatic nitrogens is 4. The average molecular weight is 319 g/mol. The topological polar surface area (TPSA) is 85.1 Å². The first-order valence-electron chi connectivity index (χ1n) is 6.89. The highest BCUT2D eigenvalue weighted by Gasteiger charge is 2.13. The van der Waals surface area contributed by atoms with Gasteiger partial charge in [0.25, 0.3) is 0 Å². The summed E-state index contributed by atoms with van der Waals surface area (Å²) in [5.74, 6) is 0.689. The summed E-state index contributed by atoms with van der Waals surface area (Å²) in [5, 5.41) is 15.2. The third-order valence-electron chi connectivity index (χ3n) is 3.19. The predicted molar refractivity (Wildman–Crippen MR) is 84.9 cm³/mol. The Morgan fingerprint density at radius 2 is 2.32 bits per heavy atom. The lowest BCUT2D eigenvalue weighted by atomic mass is 10.3. The Kier molecular flexibility index (Phi) is 4.62. The van der Waals surface area contributed by atoms with Crippen LogP contribution in [0.2, 0.25) is 0 Å². The lowest BCUT2D eigenvalue weighted by molar-refractivity contribution is 0.0218. The number of rotatable bonds is 7. The molecule has 8 heteroatoms. The van der Waals surface area contributed by atoms with Crippen LogP contribution in [0.15, 0.2) is 30.2 Å². The van der Waals surface area contributed by atoms with Gasteiger partial charge in [-0.05, 0) is 11.4 Å². The van der Waals surface area contributed by atoms with Crippen molar-refractivity contribution in [1.82, 2.24) is 19.5 Å². The number of nitrogens with zero attached hydrogens (tertiary/aromatic N) is 4. The fourth-order valence-electron chi connectivity index (χ4n) is 2.20. The van der Waals surface area contributed by atoms with Gasteiger partial charge in [0.15, 0.2) is 11.5 Å². The summed E-state index contributed by atoms with van der Waals surface area (Å²) in [7, 11) is 1.79. The van der Waals surface area contributed by atoms with Crippen LogP contribution in [0, 0.1) is 0 Å². The summed E-state index contributed by atoms with van der Waals surface area (Å²) >= 11 is 1.64. The van der Waals surface area contributed by atoms with E-state index in [9.17, 15) is 5.11 Å². The summed E-state index contributed by atoms with van der Waals surface area (Å²) < 4.78 is 7.37. The summed E-state index contributed by atoms with van der Waals surface area (Å²) in [6.07, 6.45) is 2.50. The maximum atomic E-state index is 10.1. The van der Waals surface area contributed by atoms with Gasteiger partial charge in [0.2, 0.25) is 0 Å². The van der Waals surface area contributed by atoms with Crippen molar-refractivity contribution in [1.29, 1.82) is 0 Å². The molecule has 0 aliphatic carbocycles. The molecule has 3 aromatic rings. The zero-order chi connectivity index (χ0) is 15.4. The molecule has 0 spiro atoms. The number of aliphatic hydroxyl groups excluding tert-OH is 1. The minimum absolute atomic E-state index is 0.264. The summed E-state index contributed by atoms with van der Waals surface area (Å²) in [4.78, 5) is 13.7. The third-order valence-corrected chi connectivity index (χ3v) is 4.04. The number of hydrogen-bond acceptors (Lipinski definition) is 7. The molecule has 0 aromatic carbocycles. The molecule has 116 valence electrons. The molecule has 0 aliphatic heterocycles. The number of imidazole rings is 1. The Morgan fingerprint density at radius 3 is 3.09 bits per heavy atom. The van der Waals surface area contributed by atoms with Crippen LogP contribution >= 0.6 is 11.3 Å². The van der Waals surface area contributed by atoms with Crippen molar-refractivity contribution in [2.75, 3.05) is 19.0 Å². The van der Waals surface area contributed by atoms with Gasteiger partial charge in [0, 0.05) is 11.9 Å². The number of fused-ring (bicyclic) bond motifs is 1. The van der Waals surface area contributed by atoms with Crippen molar-refractivity contribution in [2.45, 2.75) is 19.3 Å². The fraction of sp³-hybridized carbons (Fsp3) is 0.357. The van der Waals surface area contributed by atoms with Crippen LogP contribution in [0.1, 0.15) is 4.88 Å². The summed E-state index contributed by atoms with van der Waals surface area (Å²) in [6, 6.07) is 3.99. The van der Waals surface area contributed by atoms with Crippen molar-refractivity contribution in [2.24, 2.45) is 0 Å². The molecule has 3 aromatic heterocycles. The van der Waals surface area contributed by atoms with E-state index < -0.39 is 6.10 Å². The normalized spacial score (nSPS) is 12.6. The minimum Gasteiger partial charge on any atom is -0.389 e. The van der Waals surface area contributed by atoms with Crippen LogP contribution in [0.5, 0.6) is 0 Å². The quantitative estimate of drug-likeness (QED) is 0.686. The van der Waals surface area contributed by atoms with Gasteiger partial charge in [-0.3, -0.25) is 0 Å². The number of aliphatic hydroxyl groups is 1. The largest absolute Gasteiger partial charge is 0.389 e. The monoisotopic (exact) mass is 319 g/mol. The molecule has 0 saturated carbocycles. The molecule has 3 rings (SSSR count). The van der Waals surface area contributed by atoms with Crippen molar-refractivity contribution in [3.8, 4) is 0 Å². The second-order valence-corrected chi connectivity index (χ2v) is 5.82. The number of nitrogens with one attached hydrogen (secondary N) is 1. The van der Waals surface area contributed by atoms with Crippen LogP contribution in [0.3, 0.4) is 0 Å². The molecule has 2 N–H and O–H groups in total. The molecule has 0 bridgehead atoms. The van der Waals surface area contributed by atoms with Gasteiger partial charge >= 0.3 is 0 Å². The van der Waals surface area contributed by atoms with Crippen molar-refractivity contribution in [3.63, 3.8) is 0 Å². The number of ether oxygens (including phenoxy) is 1. The van der Waals surface area contributed by atoms with Crippen LogP contribution in [-0.2, 0) is 17.9 Å². The molecule has 3 heterocycles. The van der Waals surface area contributed by atoms with Crippen LogP contribution < -0.4 is 5.32 Å². The molecular formula is C14H17N5O2S. The lowest BCUT2D eigenvalue weighted by Crippen LogP contribution is -2.21. The number of thiophene rings is 1. The Balaban J connectivity index is 1.62. The van der Waals surface area contributed by atoms with Crippen LogP contribution in [0.4, 0.5) is 5.82 Å². The van der Waals surface area contributed by atoms with Gasteiger partial charge in [0.05, 0.1) is 32.2 Å². The molecule has 7 nitrogen and oxygen atoms in total. The van der Waals surface area contributed by atoms with E-state index in [1.807, 2.05) is 22.1 Å². The maximum Gasteiger partial charge on any atom is 0.182 e. The van der Waals surface area contributed by atoms with E-state index in [0.29, 0.717) is 24.6 Å². The van der Waals surface area contributed by atoms with Crippen molar-refractivity contribution < 1.29 is 9.84 Å². The van der Waals surface area contributed by atoms with Gasteiger partial charge in [-0.1, -0.05) is 6.07 Å². The number of hydrogen-bond donors (Lipinski definition) is 2. The van der Waals surface area contributed by atoms with Gasteiger partial charge < -0.3 is 19.7 Å². The Bertz CT molecular complexity index is 728. The van der Waals surface area contributed by atoms with E-state index in [2.05, 4.69) is 20.3 Å². The molecule has 0 unspecified atom stereocenters. The Hall–Kier alpha value is -2.03. The molecule has 0 fully saturated rings. The third kappa shape index (κ3) is 3.24. The zero-order valence-corrected chi connectivity index (χ0v) is 13.0. The van der Waals surface area contributed by atoms with E-state index in [1.165, 1.54) is 6.33 Å². The minimum atomic E-state index is -0.623. The second kappa shape index (κ2) is 6.82. The van der Waals surface area contributed by atoms with Gasteiger partial charge in [-0.15, -0.1) is 11.3 Å². The van der Waals surface area contributed by atoms with E-state index in [-0.39, 0.29) is 6.61 Å². The van der Waals surface area contributed by atoms with Gasteiger partial charge in [-0.25, -0.2) is 15.0 Å².